The summed E-state index contributed by atoms with van der Waals surface area (Å²) in [4.78, 5) is 10.2. The first-order valence-corrected chi connectivity index (χ1v) is 6.57. The van der Waals surface area contributed by atoms with Crippen molar-refractivity contribution in [1.82, 2.24) is 0 Å². The Hall–Kier alpha value is -2.03. The first-order valence-electron chi connectivity index (χ1n) is 6.57. The van der Waals surface area contributed by atoms with Crippen molar-refractivity contribution >= 4 is 6.47 Å². The normalized spacial score (nSPS) is 15.1. The quantitative estimate of drug-likeness (QED) is 0.754. The van der Waals surface area contributed by atoms with Crippen LogP contribution in [0.1, 0.15) is 31.2 Å². The van der Waals surface area contributed by atoms with Gasteiger partial charge in [-0.1, -0.05) is 18.2 Å². The summed E-state index contributed by atoms with van der Waals surface area (Å²) in [5.41, 5.74) is 0.917. The van der Waals surface area contributed by atoms with E-state index in [4.69, 9.17) is 9.47 Å². The molecule has 1 aliphatic rings. The van der Waals surface area contributed by atoms with Crippen LogP contribution in [0.3, 0.4) is 0 Å². The van der Waals surface area contributed by atoms with E-state index in [0.29, 0.717) is 6.47 Å². The van der Waals surface area contributed by atoms with Gasteiger partial charge in [0.25, 0.3) is 6.47 Å². The fourth-order valence-electron chi connectivity index (χ4n) is 1.96. The van der Waals surface area contributed by atoms with E-state index < -0.39 is 0 Å². The molecule has 0 aromatic heterocycles. The number of allylic oxidation sites excluding steroid dienone is 3. The standard InChI is InChI=1S/C16H18O3/c17-13-18-12-14-7-6-10-16(11-14)19-15-8-4-2-1-3-5-9-15/h4,6-11,13H,1-3,5,12H2. The van der Waals surface area contributed by atoms with Crippen LogP contribution in [0.4, 0.5) is 0 Å². The first kappa shape index (κ1) is 13.4. The second kappa shape index (κ2) is 7.41. The Balaban J connectivity index is 2.03. The summed E-state index contributed by atoms with van der Waals surface area (Å²) in [6.45, 7) is 0.725. The van der Waals surface area contributed by atoms with Crippen molar-refractivity contribution in [2.24, 2.45) is 0 Å². The lowest BCUT2D eigenvalue weighted by atomic mass is 10.1. The second-order valence-electron chi connectivity index (χ2n) is 4.45. The Bertz CT molecular complexity index is 475. The molecule has 0 atom stereocenters. The zero-order valence-electron chi connectivity index (χ0n) is 10.9. The van der Waals surface area contributed by atoms with E-state index >= 15 is 0 Å². The summed E-state index contributed by atoms with van der Waals surface area (Å²) in [7, 11) is 0. The van der Waals surface area contributed by atoms with Crippen molar-refractivity contribution in [2.45, 2.75) is 32.3 Å². The smallest absolute Gasteiger partial charge is 0.293 e. The zero-order valence-corrected chi connectivity index (χ0v) is 10.9. The van der Waals surface area contributed by atoms with Gasteiger partial charge >= 0.3 is 0 Å². The van der Waals surface area contributed by atoms with Gasteiger partial charge in [0.05, 0.1) is 0 Å². The second-order valence-corrected chi connectivity index (χ2v) is 4.45. The summed E-state index contributed by atoms with van der Waals surface area (Å²) < 4.78 is 10.6. The lowest BCUT2D eigenvalue weighted by Gasteiger charge is -2.10. The van der Waals surface area contributed by atoms with Gasteiger partial charge in [0.15, 0.2) is 0 Å². The lowest BCUT2D eigenvalue weighted by molar-refractivity contribution is -0.129. The number of hydrogen-bond acceptors (Lipinski definition) is 3. The minimum atomic E-state index is 0.273. The molecule has 0 unspecified atom stereocenters. The molecule has 3 nitrogen and oxygen atoms in total. The van der Waals surface area contributed by atoms with E-state index in [9.17, 15) is 4.79 Å². The number of ether oxygens (including phenoxy) is 2. The van der Waals surface area contributed by atoms with Crippen molar-refractivity contribution < 1.29 is 14.3 Å². The van der Waals surface area contributed by atoms with Crippen molar-refractivity contribution in [3.63, 3.8) is 0 Å². The highest BCUT2D eigenvalue weighted by atomic mass is 16.5. The minimum Gasteiger partial charge on any atom is -0.463 e. The highest BCUT2D eigenvalue weighted by Crippen LogP contribution is 2.19. The molecule has 19 heavy (non-hydrogen) atoms. The Kier molecular flexibility index (Phi) is 5.23. The van der Waals surface area contributed by atoms with Crippen molar-refractivity contribution in [3.05, 3.63) is 53.8 Å². The average molecular weight is 258 g/mol. The number of benzene rings is 1. The molecule has 0 bridgehead atoms. The van der Waals surface area contributed by atoms with Crippen LogP contribution in [-0.2, 0) is 16.1 Å². The molecule has 3 heteroatoms. The molecule has 0 saturated carbocycles. The monoisotopic (exact) mass is 258 g/mol. The maximum absolute atomic E-state index is 10.2. The van der Waals surface area contributed by atoms with Crippen molar-refractivity contribution in [3.8, 4) is 5.75 Å². The molecule has 0 spiro atoms. The molecule has 0 aliphatic heterocycles. The van der Waals surface area contributed by atoms with E-state index in [1.54, 1.807) is 0 Å². The third-order valence-electron chi connectivity index (χ3n) is 2.90. The molecule has 2 rings (SSSR count). The molecule has 0 radical (unpaired) electrons. The molecular formula is C16H18O3. The van der Waals surface area contributed by atoms with Crippen LogP contribution >= 0.6 is 0 Å². The third-order valence-corrected chi connectivity index (χ3v) is 2.90. The molecule has 1 aromatic rings. The SMILES string of the molecule is O=COCc1cccc(OC2=CCCCCC=C2)c1. The van der Waals surface area contributed by atoms with Gasteiger partial charge in [-0.05, 0) is 55.5 Å². The minimum absolute atomic E-state index is 0.273. The van der Waals surface area contributed by atoms with E-state index in [1.807, 2.05) is 30.3 Å². The van der Waals surface area contributed by atoms with E-state index in [2.05, 4.69) is 12.2 Å². The van der Waals surface area contributed by atoms with Gasteiger partial charge in [-0.15, -0.1) is 0 Å². The van der Waals surface area contributed by atoms with Crippen LogP contribution < -0.4 is 4.74 Å². The highest BCUT2D eigenvalue weighted by molar-refractivity contribution is 5.38. The molecule has 0 amide bonds. The van der Waals surface area contributed by atoms with E-state index in [0.717, 1.165) is 29.9 Å². The fourth-order valence-corrected chi connectivity index (χ4v) is 1.96. The Morgan fingerprint density at radius 3 is 3.00 bits per heavy atom. The van der Waals surface area contributed by atoms with Crippen LogP contribution in [0, 0.1) is 0 Å². The molecule has 0 saturated heterocycles. The predicted octanol–water partition coefficient (Wildman–Crippen LogP) is 3.75. The van der Waals surface area contributed by atoms with Gasteiger partial charge in [0.2, 0.25) is 0 Å². The number of hydrogen-bond donors (Lipinski definition) is 0. The molecular weight excluding hydrogens is 240 g/mol. The first-order chi connectivity index (χ1) is 9.38. The van der Waals surface area contributed by atoms with Gasteiger partial charge in [-0.3, -0.25) is 4.79 Å². The van der Waals surface area contributed by atoms with Gasteiger partial charge < -0.3 is 9.47 Å². The topological polar surface area (TPSA) is 35.5 Å². The van der Waals surface area contributed by atoms with E-state index in [1.165, 1.54) is 12.8 Å². The van der Waals surface area contributed by atoms with Crippen LogP contribution in [0.15, 0.2) is 48.3 Å². The van der Waals surface area contributed by atoms with Gasteiger partial charge in [0.1, 0.15) is 18.1 Å². The van der Waals surface area contributed by atoms with Gasteiger partial charge in [0, 0.05) is 0 Å². The molecule has 1 aromatic carbocycles. The Morgan fingerprint density at radius 1 is 1.21 bits per heavy atom. The molecule has 0 N–H and O–H groups in total. The maximum Gasteiger partial charge on any atom is 0.293 e. The summed E-state index contributed by atoms with van der Waals surface area (Å²) in [5, 5.41) is 0. The molecule has 0 heterocycles. The Labute approximate surface area is 113 Å². The molecule has 1 aliphatic carbocycles. The predicted molar refractivity (Wildman–Crippen MR) is 73.6 cm³/mol. The maximum atomic E-state index is 10.2. The average Bonchev–Trinajstić information content (AvgIpc) is 2.40. The fraction of sp³-hybridized carbons (Fsp3) is 0.312. The summed E-state index contributed by atoms with van der Waals surface area (Å²) in [6, 6.07) is 7.58. The zero-order chi connectivity index (χ0) is 13.3. The van der Waals surface area contributed by atoms with Crippen molar-refractivity contribution in [1.29, 1.82) is 0 Å². The number of rotatable bonds is 5. The van der Waals surface area contributed by atoms with Crippen molar-refractivity contribution in [2.75, 3.05) is 0 Å². The van der Waals surface area contributed by atoms with Crippen LogP contribution in [0.25, 0.3) is 0 Å². The van der Waals surface area contributed by atoms with Gasteiger partial charge in [-0.25, -0.2) is 0 Å². The Morgan fingerprint density at radius 2 is 2.11 bits per heavy atom. The highest BCUT2D eigenvalue weighted by Gasteiger charge is 2.01. The largest absolute Gasteiger partial charge is 0.463 e. The van der Waals surface area contributed by atoms with Crippen LogP contribution in [0.5, 0.6) is 5.75 Å². The summed E-state index contributed by atoms with van der Waals surface area (Å²) >= 11 is 0. The van der Waals surface area contributed by atoms with Crippen LogP contribution in [0.2, 0.25) is 0 Å². The summed E-state index contributed by atoms with van der Waals surface area (Å²) in [5.74, 6) is 1.65. The third kappa shape index (κ3) is 4.62. The van der Waals surface area contributed by atoms with Gasteiger partial charge in [-0.2, -0.15) is 0 Å². The lowest BCUT2D eigenvalue weighted by Crippen LogP contribution is -1.96. The van der Waals surface area contributed by atoms with E-state index in [-0.39, 0.29) is 6.61 Å². The number of carbonyl (C=O) groups excluding carboxylic acids is 1. The molecule has 0 fully saturated rings. The molecule has 100 valence electrons. The summed E-state index contributed by atoms with van der Waals surface area (Å²) in [6.07, 6.45) is 10.9. The number of carbonyl (C=O) groups is 1. The van der Waals surface area contributed by atoms with Crippen LogP contribution in [-0.4, -0.2) is 6.47 Å².